The van der Waals surface area contributed by atoms with Crippen molar-refractivity contribution in [3.63, 3.8) is 0 Å². The predicted molar refractivity (Wildman–Crippen MR) is 74.4 cm³/mol. The number of aryl methyl sites for hydroxylation is 1. The van der Waals surface area contributed by atoms with E-state index in [4.69, 9.17) is 9.63 Å². The Balaban J connectivity index is 2.24. The molecule has 20 heavy (non-hydrogen) atoms. The molecule has 1 atom stereocenters. The third kappa shape index (κ3) is 2.80. The largest absolute Gasteiger partial charge is 0.396 e. The van der Waals surface area contributed by atoms with Crippen molar-refractivity contribution in [1.82, 2.24) is 15.5 Å². The number of aliphatic hydroxyl groups is 1. The molecule has 0 radical (unpaired) electrons. The molecule has 0 aliphatic heterocycles. The molecule has 2 aromatic rings. The van der Waals surface area contributed by atoms with Crippen LogP contribution in [0.1, 0.15) is 42.7 Å². The van der Waals surface area contributed by atoms with Crippen LogP contribution in [-0.4, -0.2) is 33.3 Å². The second-order valence-corrected chi connectivity index (χ2v) is 5.19. The summed E-state index contributed by atoms with van der Waals surface area (Å²) in [6.45, 7) is 5.73. The van der Waals surface area contributed by atoms with Crippen molar-refractivity contribution < 1.29 is 14.4 Å². The van der Waals surface area contributed by atoms with Gasteiger partial charge in [-0.15, -0.1) is 0 Å². The van der Waals surface area contributed by atoms with Gasteiger partial charge in [0.25, 0.3) is 11.6 Å². The van der Waals surface area contributed by atoms with E-state index in [9.17, 15) is 4.79 Å². The summed E-state index contributed by atoms with van der Waals surface area (Å²) in [4.78, 5) is 16.4. The van der Waals surface area contributed by atoms with Crippen LogP contribution >= 0.6 is 0 Å². The lowest BCUT2D eigenvalue weighted by molar-refractivity contribution is 0.0886. The van der Waals surface area contributed by atoms with Gasteiger partial charge >= 0.3 is 0 Å². The van der Waals surface area contributed by atoms with Crippen LogP contribution in [0.2, 0.25) is 0 Å². The van der Waals surface area contributed by atoms with E-state index in [0.717, 1.165) is 11.8 Å². The van der Waals surface area contributed by atoms with Crippen molar-refractivity contribution in [3.05, 3.63) is 23.5 Å². The number of carbonyl (C=O) groups is 1. The van der Waals surface area contributed by atoms with E-state index in [-0.39, 0.29) is 12.5 Å². The van der Waals surface area contributed by atoms with Crippen LogP contribution in [0.3, 0.4) is 0 Å². The number of aliphatic hydroxyl groups excluding tert-OH is 1. The van der Waals surface area contributed by atoms with Crippen LogP contribution in [0, 0.1) is 6.92 Å². The van der Waals surface area contributed by atoms with Crippen LogP contribution in [-0.2, 0) is 0 Å². The van der Waals surface area contributed by atoms with Crippen LogP contribution in [0.5, 0.6) is 0 Å². The topological polar surface area (TPSA) is 88.2 Å². The van der Waals surface area contributed by atoms with Crippen molar-refractivity contribution in [2.45, 2.75) is 39.2 Å². The molecule has 0 fully saturated rings. The van der Waals surface area contributed by atoms with Gasteiger partial charge in [-0.3, -0.25) is 4.79 Å². The zero-order valence-corrected chi connectivity index (χ0v) is 11.9. The molecule has 0 aliphatic rings. The maximum absolute atomic E-state index is 12.3. The van der Waals surface area contributed by atoms with Gasteiger partial charge in [0.05, 0.1) is 16.6 Å². The number of aromatic nitrogens is 2. The van der Waals surface area contributed by atoms with E-state index in [1.54, 1.807) is 13.0 Å². The highest BCUT2D eigenvalue weighted by Crippen LogP contribution is 2.19. The Morgan fingerprint density at radius 3 is 2.95 bits per heavy atom. The molecule has 0 aromatic carbocycles. The van der Waals surface area contributed by atoms with Crippen molar-refractivity contribution in [3.8, 4) is 0 Å². The van der Waals surface area contributed by atoms with E-state index < -0.39 is 5.54 Å². The molecule has 0 spiro atoms. The molecule has 108 valence electrons. The van der Waals surface area contributed by atoms with E-state index in [2.05, 4.69) is 15.5 Å². The lowest BCUT2D eigenvalue weighted by Gasteiger charge is -2.28. The first-order chi connectivity index (χ1) is 9.49. The highest BCUT2D eigenvalue weighted by atomic mass is 16.5. The monoisotopic (exact) mass is 277 g/mol. The molecular formula is C14H19N3O3. The van der Waals surface area contributed by atoms with E-state index in [1.807, 2.05) is 13.8 Å². The van der Waals surface area contributed by atoms with Crippen molar-refractivity contribution in [1.29, 1.82) is 0 Å². The fraction of sp³-hybridized carbons (Fsp3) is 0.500. The number of carbonyl (C=O) groups excluding carboxylic acids is 1. The third-order valence-corrected chi connectivity index (χ3v) is 3.63. The Kier molecular flexibility index (Phi) is 4.04. The molecule has 0 saturated carbocycles. The summed E-state index contributed by atoms with van der Waals surface area (Å²) in [7, 11) is 0. The normalized spacial score (nSPS) is 14.2. The number of hydrogen-bond acceptors (Lipinski definition) is 5. The molecule has 2 rings (SSSR count). The molecular weight excluding hydrogens is 258 g/mol. The average Bonchev–Trinajstić information content (AvgIpc) is 2.80. The molecule has 2 N–H and O–H groups in total. The Labute approximate surface area is 117 Å². The lowest BCUT2D eigenvalue weighted by Crippen LogP contribution is -2.46. The molecule has 0 bridgehead atoms. The standard InChI is InChI=1S/C14H19N3O3/c1-4-14(3,5-6-18)16-12(19)10-7-11-9(2)17-20-13(11)15-8-10/h7-8,18H,4-6H2,1-3H3,(H,16,19). The quantitative estimate of drug-likeness (QED) is 0.870. The van der Waals surface area contributed by atoms with Gasteiger partial charge in [0.15, 0.2) is 0 Å². The minimum Gasteiger partial charge on any atom is -0.396 e. The molecule has 1 unspecified atom stereocenters. The van der Waals surface area contributed by atoms with Crippen LogP contribution in [0.4, 0.5) is 0 Å². The zero-order chi connectivity index (χ0) is 14.8. The van der Waals surface area contributed by atoms with Crippen molar-refractivity contribution >= 4 is 17.0 Å². The number of rotatable bonds is 5. The number of nitrogens with zero attached hydrogens (tertiary/aromatic N) is 2. The van der Waals surface area contributed by atoms with E-state index >= 15 is 0 Å². The Morgan fingerprint density at radius 1 is 1.55 bits per heavy atom. The predicted octanol–water partition coefficient (Wildman–Crippen LogP) is 1.81. The van der Waals surface area contributed by atoms with Gasteiger partial charge < -0.3 is 14.9 Å². The maximum Gasteiger partial charge on any atom is 0.257 e. The summed E-state index contributed by atoms with van der Waals surface area (Å²) in [6.07, 6.45) is 2.72. The second-order valence-electron chi connectivity index (χ2n) is 5.19. The fourth-order valence-corrected chi connectivity index (χ4v) is 1.99. The summed E-state index contributed by atoms with van der Waals surface area (Å²) in [5.41, 5.74) is 1.16. The SMILES string of the molecule is CCC(C)(CCO)NC(=O)c1cnc2onc(C)c2c1. The zero-order valence-electron chi connectivity index (χ0n) is 11.9. The van der Waals surface area contributed by atoms with Gasteiger partial charge in [-0.1, -0.05) is 12.1 Å². The molecule has 2 heterocycles. The Morgan fingerprint density at radius 2 is 2.30 bits per heavy atom. The van der Waals surface area contributed by atoms with E-state index in [1.165, 1.54) is 6.20 Å². The van der Waals surface area contributed by atoms with Gasteiger partial charge in [-0.25, -0.2) is 4.98 Å². The minimum atomic E-state index is -0.426. The molecule has 1 amide bonds. The first-order valence-corrected chi connectivity index (χ1v) is 6.64. The van der Waals surface area contributed by atoms with Gasteiger partial charge in [0.1, 0.15) is 0 Å². The highest BCUT2D eigenvalue weighted by Gasteiger charge is 2.24. The molecule has 2 aromatic heterocycles. The van der Waals surface area contributed by atoms with Gasteiger partial charge in [-0.2, -0.15) is 0 Å². The van der Waals surface area contributed by atoms with Crippen molar-refractivity contribution in [2.75, 3.05) is 6.61 Å². The summed E-state index contributed by atoms with van der Waals surface area (Å²) in [6, 6.07) is 1.72. The third-order valence-electron chi connectivity index (χ3n) is 3.63. The Hall–Kier alpha value is -1.95. The lowest BCUT2D eigenvalue weighted by atomic mass is 9.94. The number of nitrogens with one attached hydrogen (secondary N) is 1. The van der Waals surface area contributed by atoms with Gasteiger partial charge in [-0.05, 0) is 32.8 Å². The maximum atomic E-state index is 12.3. The van der Waals surface area contributed by atoms with Crippen LogP contribution < -0.4 is 5.32 Å². The highest BCUT2D eigenvalue weighted by molar-refractivity contribution is 5.97. The minimum absolute atomic E-state index is 0.0344. The first-order valence-electron chi connectivity index (χ1n) is 6.64. The fourth-order valence-electron chi connectivity index (χ4n) is 1.99. The molecule has 6 nitrogen and oxygen atoms in total. The van der Waals surface area contributed by atoms with Gasteiger partial charge in [0.2, 0.25) is 0 Å². The van der Waals surface area contributed by atoms with Crippen molar-refractivity contribution in [2.24, 2.45) is 0 Å². The summed E-state index contributed by atoms with van der Waals surface area (Å²) in [5.74, 6) is -0.210. The number of fused-ring (bicyclic) bond motifs is 1. The molecule has 6 heteroatoms. The van der Waals surface area contributed by atoms with Crippen LogP contribution in [0.15, 0.2) is 16.8 Å². The van der Waals surface area contributed by atoms with Gasteiger partial charge in [0, 0.05) is 18.3 Å². The first kappa shape index (κ1) is 14.5. The van der Waals surface area contributed by atoms with E-state index in [0.29, 0.717) is 23.4 Å². The number of pyridine rings is 1. The summed E-state index contributed by atoms with van der Waals surface area (Å²) >= 11 is 0. The average molecular weight is 277 g/mol. The Bertz CT molecular complexity index is 623. The molecule has 0 aliphatic carbocycles. The number of hydrogen-bond donors (Lipinski definition) is 2. The molecule has 0 saturated heterocycles. The number of amides is 1. The van der Waals surface area contributed by atoms with Crippen LogP contribution in [0.25, 0.3) is 11.1 Å². The smallest absolute Gasteiger partial charge is 0.257 e. The second kappa shape index (κ2) is 5.58. The summed E-state index contributed by atoms with van der Waals surface area (Å²) < 4.78 is 5.02. The summed E-state index contributed by atoms with van der Waals surface area (Å²) in [5, 5.41) is 16.6.